The molecule has 2 aromatic rings. The van der Waals surface area contributed by atoms with Crippen molar-refractivity contribution in [1.82, 2.24) is 0 Å². The monoisotopic (exact) mass is 364 g/mol. The molecule has 130 valence electrons. The van der Waals surface area contributed by atoms with Gasteiger partial charge in [0.15, 0.2) is 0 Å². The van der Waals surface area contributed by atoms with Gasteiger partial charge in [-0.1, -0.05) is 17.7 Å². The smallest absolute Gasteiger partial charge is 0.309 e. The summed E-state index contributed by atoms with van der Waals surface area (Å²) in [6.07, 6.45) is -0.0214. The summed E-state index contributed by atoms with van der Waals surface area (Å²) >= 11 is 5.89. The number of methoxy groups -OCH3 is 1. The van der Waals surface area contributed by atoms with Crippen LogP contribution in [0.3, 0.4) is 0 Å². The average molecular weight is 365 g/mol. The molecule has 0 aliphatic carbocycles. The first-order valence-corrected chi connectivity index (χ1v) is 7.33. The van der Waals surface area contributed by atoms with E-state index in [-0.39, 0.29) is 34.1 Å². The van der Waals surface area contributed by atoms with Crippen LogP contribution in [0.25, 0.3) is 0 Å². The van der Waals surface area contributed by atoms with E-state index in [2.05, 4.69) is 10.1 Å². The number of aromatic hydroxyl groups is 1. The average Bonchev–Trinajstić information content (AvgIpc) is 2.56. The molecule has 0 fully saturated rings. The summed E-state index contributed by atoms with van der Waals surface area (Å²) in [5.41, 5.74) is 0.394. The zero-order valence-corrected chi connectivity index (χ0v) is 13.7. The Morgan fingerprint density at radius 1 is 1.28 bits per heavy atom. The molecule has 0 heterocycles. The number of hydrogen-bond acceptors (Lipinski definition) is 6. The van der Waals surface area contributed by atoms with Gasteiger partial charge in [0.05, 0.1) is 34.7 Å². The minimum Gasteiger partial charge on any atom is -0.506 e. The Labute approximate surface area is 147 Å². The van der Waals surface area contributed by atoms with Crippen LogP contribution in [0.2, 0.25) is 5.02 Å². The van der Waals surface area contributed by atoms with Gasteiger partial charge in [-0.3, -0.25) is 19.7 Å². The number of esters is 1. The summed E-state index contributed by atoms with van der Waals surface area (Å²) < 4.78 is 4.53. The minimum absolute atomic E-state index is 0.0188. The van der Waals surface area contributed by atoms with Crippen molar-refractivity contribution < 1.29 is 24.4 Å². The zero-order chi connectivity index (χ0) is 18.6. The van der Waals surface area contributed by atoms with Crippen molar-refractivity contribution in [3.05, 3.63) is 62.7 Å². The highest BCUT2D eigenvalue weighted by atomic mass is 35.5. The molecule has 0 aromatic heterocycles. The maximum atomic E-state index is 12.2. The first-order valence-electron chi connectivity index (χ1n) is 6.96. The maximum Gasteiger partial charge on any atom is 0.309 e. The van der Waals surface area contributed by atoms with Gasteiger partial charge in [-0.15, -0.1) is 0 Å². The van der Waals surface area contributed by atoms with E-state index in [4.69, 9.17) is 11.6 Å². The molecule has 25 heavy (non-hydrogen) atoms. The highest BCUT2D eigenvalue weighted by molar-refractivity contribution is 6.34. The van der Waals surface area contributed by atoms with Crippen LogP contribution in [-0.2, 0) is 16.0 Å². The van der Waals surface area contributed by atoms with Crippen LogP contribution in [0.15, 0.2) is 36.4 Å². The molecule has 2 rings (SSSR count). The number of nitro groups is 1. The highest BCUT2D eigenvalue weighted by Crippen LogP contribution is 2.27. The summed E-state index contributed by atoms with van der Waals surface area (Å²) in [5, 5.41) is 23.0. The number of nitrogens with zero attached hydrogens (tertiary/aromatic N) is 1. The molecule has 0 bridgehead atoms. The predicted octanol–water partition coefficient (Wildman–Crippen LogP) is 2.92. The topological polar surface area (TPSA) is 119 Å². The van der Waals surface area contributed by atoms with Crippen LogP contribution in [0, 0.1) is 10.1 Å². The minimum atomic E-state index is -0.643. The molecule has 2 aromatic carbocycles. The number of phenols is 1. The number of anilines is 1. The van der Waals surface area contributed by atoms with Crippen molar-refractivity contribution in [2.75, 3.05) is 12.4 Å². The van der Waals surface area contributed by atoms with Crippen molar-refractivity contribution >= 4 is 34.9 Å². The Balaban J connectivity index is 2.18. The van der Waals surface area contributed by atoms with E-state index >= 15 is 0 Å². The molecule has 1 amide bonds. The maximum absolute atomic E-state index is 12.2. The Bertz CT molecular complexity index is 853. The lowest BCUT2D eigenvalue weighted by molar-refractivity contribution is -0.384. The number of carbonyl (C=O) groups excluding carboxylic acids is 2. The van der Waals surface area contributed by atoms with Crippen molar-refractivity contribution in [2.24, 2.45) is 0 Å². The number of rotatable bonds is 5. The standard InChI is InChI=1S/C16H13ClN2O6/c1-25-15(21)7-9-2-5-13(14(20)6-9)18-16(22)11-4-3-10(19(23)24)8-12(11)17/h2-6,8,20H,7H2,1H3,(H,18,22). The SMILES string of the molecule is COC(=O)Cc1ccc(NC(=O)c2ccc([N+](=O)[O-])cc2Cl)c(O)c1. The van der Waals surface area contributed by atoms with E-state index in [1.165, 1.54) is 25.3 Å². The van der Waals surface area contributed by atoms with E-state index < -0.39 is 16.8 Å². The van der Waals surface area contributed by atoms with Crippen LogP contribution in [0.5, 0.6) is 5.75 Å². The lowest BCUT2D eigenvalue weighted by Crippen LogP contribution is -2.13. The molecule has 0 saturated heterocycles. The third-order valence-electron chi connectivity index (χ3n) is 3.29. The van der Waals surface area contributed by atoms with Crippen molar-refractivity contribution in [2.45, 2.75) is 6.42 Å². The van der Waals surface area contributed by atoms with Gasteiger partial charge in [0, 0.05) is 12.1 Å². The zero-order valence-electron chi connectivity index (χ0n) is 13.0. The molecule has 0 unspecified atom stereocenters. The quantitative estimate of drug-likeness (QED) is 0.364. The first kappa shape index (κ1) is 18.2. The van der Waals surface area contributed by atoms with Crippen LogP contribution >= 0.6 is 11.6 Å². The molecule has 0 aliphatic heterocycles. The number of ether oxygens (including phenoxy) is 1. The predicted molar refractivity (Wildman–Crippen MR) is 89.9 cm³/mol. The Morgan fingerprint density at radius 2 is 2.00 bits per heavy atom. The fourth-order valence-electron chi connectivity index (χ4n) is 2.02. The number of nitrogens with one attached hydrogen (secondary N) is 1. The molecule has 0 radical (unpaired) electrons. The van der Waals surface area contributed by atoms with E-state index in [0.717, 1.165) is 12.1 Å². The first-order chi connectivity index (χ1) is 11.8. The molecular weight excluding hydrogens is 352 g/mol. The van der Waals surface area contributed by atoms with Gasteiger partial charge >= 0.3 is 5.97 Å². The normalized spacial score (nSPS) is 10.2. The second kappa shape index (κ2) is 7.63. The summed E-state index contributed by atoms with van der Waals surface area (Å²) in [4.78, 5) is 33.5. The number of hydrogen-bond donors (Lipinski definition) is 2. The van der Waals surface area contributed by atoms with Crippen LogP contribution in [0.4, 0.5) is 11.4 Å². The Morgan fingerprint density at radius 3 is 2.56 bits per heavy atom. The number of phenolic OH excluding ortho intramolecular Hbond substituents is 1. The molecule has 9 heteroatoms. The number of benzene rings is 2. The van der Waals surface area contributed by atoms with Crippen molar-refractivity contribution in [1.29, 1.82) is 0 Å². The molecule has 8 nitrogen and oxygen atoms in total. The molecule has 0 spiro atoms. The van der Waals surface area contributed by atoms with Gasteiger partial charge in [-0.05, 0) is 23.8 Å². The van der Waals surface area contributed by atoms with Gasteiger partial charge in [-0.2, -0.15) is 0 Å². The van der Waals surface area contributed by atoms with Crippen LogP contribution in [-0.4, -0.2) is 29.0 Å². The Hall–Kier alpha value is -3.13. The van der Waals surface area contributed by atoms with Crippen molar-refractivity contribution in [3.63, 3.8) is 0 Å². The second-order valence-corrected chi connectivity index (χ2v) is 5.39. The number of non-ortho nitro benzene ring substituents is 1. The van der Waals surface area contributed by atoms with E-state index in [9.17, 15) is 24.8 Å². The van der Waals surface area contributed by atoms with Crippen LogP contribution < -0.4 is 5.32 Å². The summed E-state index contributed by atoms with van der Waals surface area (Å²) in [6.45, 7) is 0. The summed E-state index contributed by atoms with van der Waals surface area (Å²) in [6, 6.07) is 7.73. The number of nitro benzene ring substituents is 1. The summed E-state index contributed by atoms with van der Waals surface area (Å²) in [5.74, 6) is -1.35. The van der Waals surface area contributed by atoms with Gasteiger partial charge in [0.1, 0.15) is 5.75 Å². The lowest BCUT2D eigenvalue weighted by atomic mass is 10.1. The lowest BCUT2D eigenvalue weighted by Gasteiger charge is -2.10. The molecule has 0 atom stereocenters. The Kier molecular flexibility index (Phi) is 5.56. The fraction of sp³-hybridized carbons (Fsp3) is 0.125. The van der Waals surface area contributed by atoms with Crippen LogP contribution in [0.1, 0.15) is 15.9 Å². The van der Waals surface area contributed by atoms with Crippen molar-refractivity contribution in [3.8, 4) is 5.75 Å². The fourth-order valence-corrected chi connectivity index (χ4v) is 2.28. The third kappa shape index (κ3) is 4.45. The van der Waals surface area contributed by atoms with E-state index in [1.807, 2.05) is 0 Å². The second-order valence-electron chi connectivity index (χ2n) is 4.98. The molecule has 0 aliphatic rings. The van der Waals surface area contributed by atoms with E-state index in [0.29, 0.717) is 5.56 Å². The third-order valence-corrected chi connectivity index (χ3v) is 3.61. The summed E-state index contributed by atoms with van der Waals surface area (Å²) in [7, 11) is 1.25. The largest absolute Gasteiger partial charge is 0.506 e. The molecule has 2 N–H and O–H groups in total. The van der Waals surface area contributed by atoms with E-state index in [1.54, 1.807) is 6.07 Å². The molecular formula is C16H13ClN2O6. The molecule has 0 saturated carbocycles. The number of amides is 1. The number of halogens is 1. The van der Waals surface area contributed by atoms with Gasteiger partial charge in [-0.25, -0.2) is 0 Å². The van der Waals surface area contributed by atoms with Gasteiger partial charge in [0.25, 0.3) is 11.6 Å². The van der Waals surface area contributed by atoms with Gasteiger partial charge in [0.2, 0.25) is 0 Å². The van der Waals surface area contributed by atoms with Gasteiger partial charge < -0.3 is 15.2 Å². The number of carbonyl (C=O) groups is 2. The highest BCUT2D eigenvalue weighted by Gasteiger charge is 2.16.